The molecule has 0 aliphatic rings. The highest BCUT2D eigenvalue weighted by Crippen LogP contribution is 2.19. The van der Waals surface area contributed by atoms with Gasteiger partial charge in [-0.2, -0.15) is 0 Å². The summed E-state index contributed by atoms with van der Waals surface area (Å²) in [6, 6.07) is 10.1. The molecule has 2 rings (SSSR count). The van der Waals surface area contributed by atoms with E-state index in [-0.39, 0.29) is 17.2 Å². The second-order valence-corrected chi connectivity index (χ2v) is 4.86. The average molecular weight is 258 g/mol. The quantitative estimate of drug-likeness (QED) is 0.917. The molecule has 0 aliphatic carbocycles. The van der Waals surface area contributed by atoms with Gasteiger partial charge in [0.2, 0.25) is 5.75 Å². The summed E-state index contributed by atoms with van der Waals surface area (Å²) in [5.74, 6) is 0.543. The van der Waals surface area contributed by atoms with E-state index < -0.39 is 0 Å². The van der Waals surface area contributed by atoms with Crippen molar-refractivity contribution >= 4 is 0 Å². The maximum Gasteiger partial charge on any atom is 0.295 e. The Morgan fingerprint density at radius 3 is 2.58 bits per heavy atom. The Labute approximate surface area is 112 Å². The van der Waals surface area contributed by atoms with Gasteiger partial charge >= 0.3 is 0 Å². The van der Waals surface area contributed by atoms with Gasteiger partial charge in [-0.3, -0.25) is 9.36 Å². The first-order chi connectivity index (χ1) is 9.00. The van der Waals surface area contributed by atoms with Gasteiger partial charge in [-0.1, -0.05) is 37.3 Å². The van der Waals surface area contributed by atoms with Crippen LogP contribution in [0.4, 0.5) is 0 Å². The number of aromatic nitrogens is 2. The number of benzene rings is 1. The molecule has 1 atom stereocenters. The molecule has 1 unspecified atom stereocenters. The highest BCUT2D eigenvalue weighted by molar-refractivity contribution is 5.24. The van der Waals surface area contributed by atoms with Crippen LogP contribution < -0.4 is 5.56 Å². The van der Waals surface area contributed by atoms with Crippen LogP contribution in [0.15, 0.2) is 35.1 Å². The third-order valence-electron chi connectivity index (χ3n) is 3.30. The van der Waals surface area contributed by atoms with E-state index in [1.807, 2.05) is 25.1 Å². The smallest absolute Gasteiger partial charge is 0.295 e. The van der Waals surface area contributed by atoms with Crippen LogP contribution in [0.1, 0.15) is 29.9 Å². The van der Waals surface area contributed by atoms with E-state index in [0.717, 1.165) is 6.42 Å². The molecule has 0 saturated carbocycles. The van der Waals surface area contributed by atoms with Crippen molar-refractivity contribution in [3.05, 3.63) is 57.8 Å². The minimum absolute atomic E-state index is 0.111. The van der Waals surface area contributed by atoms with E-state index in [0.29, 0.717) is 11.5 Å². The fraction of sp³-hybridized carbons (Fsp3) is 0.333. The van der Waals surface area contributed by atoms with Crippen molar-refractivity contribution in [3.63, 3.8) is 0 Å². The summed E-state index contributed by atoms with van der Waals surface area (Å²) in [5, 5.41) is 9.59. The van der Waals surface area contributed by atoms with E-state index in [1.54, 1.807) is 14.0 Å². The molecule has 0 aliphatic heterocycles. The summed E-state index contributed by atoms with van der Waals surface area (Å²) >= 11 is 0. The predicted octanol–water partition coefficient (Wildman–Crippen LogP) is 2.14. The van der Waals surface area contributed by atoms with Crippen LogP contribution in [0.3, 0.4) is 0 Å². The van der Waals surface area contributed by atoms with Crippen LogP contribution in [0.2, 0.25) is 0 Å². The predicted molar refractivity (Wildman–Crippen MR) is 74.4 cm³/mol. The molecule has 19 heavy (non-hydrogen) atoms. The summed E-state index contributed by atoms with van der Waals surface area (Å²) < 4.78 is 1.43. The summed E-state index contributed by atoms with van der Waals surface area (Å²) in [6.07, 6.45) is 0.811. The number of hydrogen-bond donors (Lipinski definition) is 1. The number of aromatic hydroxyl groups is 1. The van der Waals surface area contributed by atoms with Gasteiger partial charge in [0.25, 0.3) is 5.56 Å². The summed E-state index contributed by atoms with van der Waals surface area (Å²) in [6.45, 7) is 3.68. The second-order valence-electron chi connectivity index (χ2n) is 4.86. The Morgan fingerprint density at radius 2 is 1.95 bits per heavy atom. The molecule has 0 fully saturated rings. The first-order valence-corrected chi connectivity index (χ1v) is 6.31. The molecular weight excluding hydrogens is 240 g/mol. The molecule has 100 valence electrons. The molecule has 4 heteroatoms. The summed E-state index contributed by atoms with van der Waals surface area (Å²) in [5.41, 5.74) is 1.20. The number of hydrogen-bond acceptors (Lipinski definition) is 3. The Hall–Kier alpha value is -2.10. The zero-order valence-corrected chi connectivity index (χ0v) is 11.4. The Bertz CT molecular complexity index is 633. The molecule has 0 saturated heterocycles. The zero-order valence-electron chi connectivity index (χ0n) is 11.4. The van der Waals surface area contributed by atoms with Gasteiger partial charge in [0.05, 0.1) is 5.69 Å². The van der Waals surface area contributed by atoms with Gasteiger partial charge in [0.1, 0.15) is 5.82 Å². The Morgan fingerprint density at radius 1 is 1.32 bits per heavy atom. The average Bonchev–Trinajstić information content (AvgIpc) is 2.41. The minimum Gasteiger partial charge on any atom is -0.502 e. The maximum atomic E-state index is 11.8. The molecule has 1 aromatic heterocycles. The maximum absolute atomic E-state index is 11.8. The van der Waals surface area contributed by atoms with Gasteiger partial charge in [-0.05, 0) is 18.9 Å². The van der Waals surface area contributed by atoms with E-state index in [4.69, 9.17) is 0 Å². The highest BCUT2D eigenvalue weighted by atomic mass is 16.3. The van der Waals surface area contributed by atoms with Crippen LogP contribution >= 0.6 is 0 Å². The van der Waals surface area contributed by atoms with Crippen LogP contribution in [0.5, 0.6) is 5.75 Å². The standard InChI is InChI=1S/C15H18N2O2/c1-10(9-12-7-5-4-6-8-12)14-16-11(2)13(18)15(19)17(14)3/h4-8,10,18H,9H2,1-3H3. The first kappa shape index (κ1) is 13.3. The zero-order chi connectivity index (χ0) is 14.0. The molecule has 0 bridgehead atoms. The minimum atomic E-state index is -0.387. The van der Waals surface area contributed by atoms with Crippen molar-refractivity contribution in [2.45, 2.75) is 26.2 Å². The molecule has 2 aromatic rings. The fourth-order valence-corrected chi connectivity index (χ4v) is 2.22. The monoisotopic (exact) mass is 258 g/mol. The van der Waals surface area contributed by atoms with Gasteiger partial charge < -0.3 is 5.11 Å². The molecule has 0 spiro atoms. The largest absolute Gasteiger partial charge is 0.502 e. The van der Waals surface area contributed by atoms with Crippen molar-refractivity contribution in [1.82, 2.24) is 9.55 Å². The topological polar surface area (TPSA) is 55.1 Å². The van der Waals surface area contributed by atoms with Crippen molar-refractivity contribution in [2.24, 2.45) is 7.05 Å². The van der Waals surface area contributed by atoms with Crippen molar-refractivity contribution in [3.8, 4) is 5.75 Å². The number of rotatable bonds is 3. The van der Waals surface area contributed by atoms with Crippen LogP contribution in [0.25, 0.3) is 0 Å². The van der Waals surface area contributed by atoms with Crippen LogP contribution in [-0.4, -0.2) is 14.7 Å². The van der Waals surface area contributed by atoms with Gasteiger partial charge in [-0.25, -0.2) is 4.98 Å². The van der Waals surface area contributed by atoms with Crippen molar-refractivity contribution < 1.29 is 5.11 Å². The molecule has 1 heterocycles. The molecule has 1 N–H and O–H groups in total. The normalized spacial score (nSPS) is 12.4. The van der Waals surface area contributed by atoms with Gasteiger partial charge in [0, 0.05) is 13.0 Å². The third kappa shape index (κ3) is 2.67. The van der Waals surface area contributed by atoms with Crippen molar-refractivity contribution in [2.75, 3.05) is 0 Å². The Kier molecular flexibility index (Phi) is 3.69. The first-order valence-electron chi connectivity index (χ1n) is 6.31. The number of aryl methyl sites for hydroxylation is 1. The Balaban J connectivity index is 2.35. The van der Waals surface area contributed by atoms with E-state index in [9.17, 15) is 9.90 Å². The van der Waals surface area contributed by atoms with Crippen LogP contribution in [-0.2, 0) is 13.5 Å². The molecule has 1 aromatic carbocycles. The molecule has 0 radical (unpaired) electrons. The molecule has 4 nitrogen and oxygen atoms in total. The van der Waals surface area contributed by atoms with Crippen molar-refractivity contribution in [1.29, 1.82) is 0 Å². The summed E-state index contributed by atoms with van der Waals surface area (Å²) in [7, 11) is 1.64. The third-order valence-corrected chi connectivity index (χ3v) is 3.30. The molecular formula is C15H18N2O2. The van der Waals surface area contributed by atoms with Crippen LogP contribution in [0, 0.1) is 6.92 Å². The lowest BCUT2D eigenvalue weighted by molar-refractivity contribution is 0.445. The fourth-order valence-electron chi connectivity index (χ4n) is 2.22. The molecule has 0 amide bonds. The lowest BCUT2D eigenvalue weighted by Crippen LogP contribution is -2.24. The second kappa shape index (κ2) is 5.26. The van der Waals surface area contributed by atoms with E-state index >= 15 is 0 Å². The number of nitrogens with zero attached hydrogens (tertiary/aromatic N) is 2. The lowest BCUT2D eigenvalue weighted by atomic mass is 10.00. The SMILES string of the molecule is Cc1nc(C(C)Cc2ccccc2)n(C)c(=O)c1O. The van der Waals surface area contributed by atoms with E-state index in [1.165, 1.54) is 10.1 Å². The van der Waals surface area contributed by atoms with Gasteiger partial charge in [0.15, 0.2) is 0 Å². The van der Waals surface area contributed by atoms with Gasteiger partial charge in [-0.15, -0.1) is 0 Å². The highest BCUT2D eigenvalue weighted by Gasteiger charge is 2.16. The lowest BCUT2D eigenvalue weighted by Gasteiger charge is -2.16. The van der Waals surface area contributed by atoms with E-state index in [2.05, 4.69) is 17.1 Å². The summed E-state index contributed by atoms with van der Waals surface area (Å²) in [4.78, 5) is 16.2.